The van der Waals surface area contributed by atoms with Crippen molar-refractivity contribution in [2.45, 2.75) is 19.9 Å². The summed E-state index contributed by atoms with van der Waals surface area (Å²) in [6.07, 6.45) is 0.891. The number of halogens is 1. The highest BCUT2D eigenvalue weighted by atomic mass is 32.1. The van der Waals surface area contributed by atoms with E-state index >= 15 is 0 Å². The van der Waals surface area contributed by atoms with Gasteiger partial charge in [0.15, 0.2) is 4.80 Å². The van der Waals surface area contributed by atoms with Crippen molar-refractivity contribution < 1.29 is 9.13 Å². The molecule has 3 aromatic carbocycles. The third-order valence-corrected chi connectivity index (χ3v) is 5.64. The van der Waals surface area contributed by atoms with E-state index in [1.165, 1.54) is 17.7 Å². The van der Waals surface area contributed by atoms with Crippen molar-refractivity contribution in [3.8, 4) is 17.0 Å². The van der Waals surface area contributed by atoms with E-state index in [2.05, 4.69) is 34.2 Å². The molecule has 0 unspecified atom stereocenters. The first-order chi connectivity index (χ1) is 14.7. The number of benzene rings is 3. The molecule has 30 heavy (non-hydrogen) atoms. The molecule has 4 rings (SSSR count). The fourth-order valence-corrected chi connectivity index (χ4v) is 4.22. The van der Waals surface area contributed by atoms with Crippen molar-refractivity contribution in [1.82, 2.24) is 4.57 Å². The standard InChI is InChI=1S/C25H23FN2OS/c1-2-29-23-14-12-22(13-15-23)27-25-28(17-16-19-6-4-3-5-7-19)24(18-30-25)20-8-10-21(26)11-9-20/h3-15,18H,2,16-17H2,1H3. The van der Waals surface area contributed by atoms with Crippen LogP contribution in [0.2, 0.25) is 0 Å². The molecule has 0 bridgehead atoms. The van der Waals surface area contributed by atoms with Crippen molar-refractivity contribution in [3.05, 3.63) is 100 Å². The third kappa shape index (κ3) is 4.86. The predicted octanol–water partition coefficient (Wildman–Crippen LogP) is 6.23. The molecule has 1 heterocycles. The van der Waals surface area contributed by atoms with E-state index in [1.54, 1.807) is 11.3 Å². The molecule has 3 nitrogen and oxygen atoms in total. The molecule has 0 N–H and O–H groups in total. The van der Waals surface area contributed by atoms with E-state index in [0.29, 0.717) is 6.61 Å². The zero-order chi connectivity index (χ0) is 20.8. The highest BCUT2D eigenvalue weighted by Gasteiger charge is 2.09. The van der Waals surface area contributed by atoms with Gasteiger partial charge in [-0.2, -0.15) is 0 Å². The summed E-state index contributed by atoms with van der Waals surface area (Å²) in [5, 5.41) is 2.09. The summed E-state index contributed by atoms with van der Waals surface area (Å²) in [5.41, 5.74) is 4.17. The van der Waals surface area contributed by atoms with E-state index in [-0.39, 0.29) is 5.82 Å². The fourth-order valence-electron chi connectivity index (χ4n) is 3.27. The van der Waals surface area contributed by atoms with Crippen LogP contribution in [0.3, 0.4) is 0 Å². The highest BCUT2D eigenvalue weighted by Crippen LogP contribution is 2.23. The molecule has 5 heteroatoms. The van der Waals surface area contributed by atoms with E-state index in [1.807, 2.05) is 49.4 Å². The Morgan fingerprint density at radius 2 is 1.67 bits per heavy atom. The lowest BCUT2D eigenvalue weighted by Gasteiger charge is -2.10. The molecule has 0 saturated heterocycles. The lowest BCUT2D eigenvalue weighted by molar-refractivity contribution is 0.340. The normalized spacial score (nSPS) is 11.6. The molecule has 0 amide bonds. The second-order valence-electron chi connectivity index (χ2n) is 6.84. The quantitative estimate of drug-likeness (QED) is 0.349. The van der Waals surface area contributed by atoms with E-state index in [4.69, 9.17) is 9.73 Å². The number of aryl methyl sites for hydroxylation is 1. The van der Waals surface area contributed by atoms with Gasteiger partial charge < -0.3 is 9.30 Å². The molecule has 0 aliphatic heterocycles. The predicted molar refractivity (Wildman–Crippen MR) is 121 cm³/mol. The molecule has 0 saturated carbocycles. The van der Waals surface area contributed by atoms with Gasteiger partial charge in [-0.05, 0) is 73.0 Å². The van der Waals surface area contributed by atoms with Crippen LogP contribution in [0.15, 0.2) is 89.2 Å². The molecule has 0 atom stereocenters. The third-order valence-electron chi connectivity index (χ3n) is 4.78. The zero-order valence-electron chi connectivity index (χ0n) is 16.8. The Balaban J connectivity index is 1.71. The molecule has 152 valence electrons. The Labute approximate surface area is 179 Å². The number of aromatic nitrogens is 1. The lowest BCUT2D eigenvalue weighted by Crippen LogP contribution is -2.17. The summed E-state index contributed by atoms with van der Waals surface area (Å²) in [6.45, 7) is 3.40. The first-order valence-corrected chi connectivity index (χ1v) is 10.9. The van der Waals surface area contributed by atoms with Gasteiger partial charge in [0, 0.05) is 11.9 Å². The van der Waals surface area contributed by atoms with Crippen LogP contribution in [0.5, 0.6) is 5.75 Å². The van der Waals surface area contributed by atoms with Crippen LogP contribution in [-0.4, -0.2) is 11.2 Å². The van der Waals surface area contributed by atoms with Crippen LogP contribution in [0, 0.1) is 5.82 Å². The summed E-state index contributed by atoms with van der Waals surface area (Å²) >= 11 is 1.59. The molecule has 0 radical (unpaired) electrons. The summed E-state index contributed by atoms with van der Waals surface area (Å²) in [7, 11) is 0. The number of thiazole rings is 1. The Bertz CT molecular complexity index is 1150. The number of nitrogens with zero attached hydrogens (tertiary/aromatic N) is 2. The molecule has 1 aromatic heterocycles. The largest absolute Gasteiger partial charge is 0.494 e. The highest BCUT2D eigenvalue weighted by molar-refractivity contribution is 7.07. The maximum Gasteiger partial charge on any atom is 0.190 e. The first kappa shape index (κ1) is 20.1. The van der Waals surface area contributed by atoms with Crippen molar-refractivity contribution in [2.75, 3.05) is 6.61 Å². The van der Waals surface area contributed by atoms with Crippen LogP contribution in [0.25, 0.3) is 11.3 Å². The molecule has 0 aliphatic rings. The summed E-state index contributed by atoms with van der Waals surface area (Å²) in [5.74, 6) is 0.607. The van der Waals surface area contributed by atoms with Gasteiger partial charge in [-0.15, -0.1) is 11.3 Å². The molecular weight excluding hydrogens is 395 g/mol. The fraction of sp³-hybridized carbons (Fsp3) is 0.160. The van der Waals surface area contributed by atoms with Crippen molar-refractivity contribution in [1.29, 1.82) is 0 Å². The minimum Gasteiger partial charge on any atom is -0.494 e. The zero-order valence-corrected chi connectivity index (χ0v) is 17.6. The van der Waals surface area contributed by atoms with E-state index in [0.717, 1.165) is 40.5 Å². The van der Waals surface area contributed by atoms with Crippen LogP contribution in [0.4, 0.5) is 10.1 Å². The Hall–Kier alpha value is -3.18. The van der Waals surface area contributed by atoms with Crippen LogP contribution < -0.4 is 9.54 Å². The van der Waals surface area contributed by atoms with Crippen LogP contribution in [0.1, 0.15) is 12.5 Å². The second kappa shape index (κ2) is 9.55. The molecule has 0 spiro atoms. The molecule has 0 fully saturated rings. The second-order valence-corrected chi connectivity index (χ2v) is 7.67. The topological polar surface area (TPSA) is 26.5 Å². The van der Waals surface area contributed by atoms with Gasteiger partial charge in [-0.3, -0.25) is 0 Å². The summed E-state index contributed by atoms with van der Waals surface area (Å²) in [4.78, 5) is 5.78. The van der Waals surface area contributed by atoms with Crippen LogP contribution >= 0.6 is 11.3 Å². The molecular formula is C25H23FN2OS. The Morgan fingerprint density at radius 1 is 0.933 bits per heavy atom. The number of hydrogen-bond donors (Lipinski definition) is 0. The van der Waals surface area contributed by atoms with Gasteiger partial charge in [0.25, 0.3) is 0 Å². The van der Waals surface area contributed by atoms with Gasteiger partial charge in [-0.25, -0.2) is 9.38 Å². The van der Waals surface area contributed by atoms with Crippen LogP contribution in [-0.2, 0) is 13.0 Å². The maximum atomic E-state index is 13.4. The van der Waals surface area contributed by atoms with Crippen molar-refractivity contribution >= 4 is 17.0 Å². The van der Waals surface area contributed by atoms with Crippen molar-refractivity contribution in [2.24, 2.45) is 4.99 Å². The van der Waals surface area contributed by atoms with E-state index in [9.17, 15) is 4.39 Å². The monoisotopic (exact) mass is 418 g/mol. The van der Waals surface area contributed by atoms with Crippen molar-refractivity contribution in [3.63, 3.8) is 0 Å². The summed E-state index contributed by atoms with van der Waals surface area (Å²) < 4.78 is 21.1. The van der Waals surface area contributed by atoms with E-state index < -0.39 is 0 Å². The minimum absolute atomic E-state index is 0.232. The van der Waals surface area contributed by atoms with Gasteiger partial charge in [0.2, 0.25) is 0 Å². The lowest BCUT2D eigenvalue weighted by atomic mass is 10.1. The molecule has 4 aromatic rings. The Kier molecular flexibility index (Phi) is 6.40. The minimum atomic E-state index is -0.232. The van der Waals surface area contributed by atoms with Gasteiger partial charge in [0.05, 0.1) is 18.0 Å². The average molecular weight is 419 g/mol. The Morgan fingerprint density at radius 3 is 2.37 bits per heavy atom. The number of ether oxygens (including phenoxy) is 1. The average Bonchev–Trinajstić information content (AvgIpc) is 3.17. The molecule has 0 aliphatic carbocycles. The number of rotatable bonds is 7. The summed E-state index contributed by atoms with van der Waals surface area (Å²) in [6, 6.07) is 24.8. The van der Waals surface area contributed by atoms with Gasteiger partial charge in [-0.1, -0.05) is 30.3 Å². The number of hydrogen-bond acceptors (Lipinski definition) is 3. The maximum absolute atomic E-state index is 13.4. The SMILES string of the molecule is CCOc1ccc(N=c2scc(-c3ccc(F)cc3)n2CCc2ccccc2)cc1. The van der Waals surface area contributed by atoms with Gasteiger partial charge in [0.1, 0.15) is 11.6 Å². The smallest absolute Gasteiger partial charge is 0.190 e. The first-order valence-electron chi connectivity index (χ1n) is 9.99. The van der Waals surface area contributed by atoms with Gasteiger partial charge >= 0.3 is 0 Å².